The minimum atomic E-state index is -2.90. The van der Waals surface area contributed by atoms with Gasteiger partial charge in [-0.1, -0.05) is 23.2 Å². The molecule has 0 aromatic carbocycles. The van der Waals surface area contributed by atoms with Crippen LogP contribution in [0.15, 0.2) is 12.1 Å². The van der Waals surface area contributed by atoms with Crippen LogP contribution in [-0.4, -0.2) is 18.1 Å². The van der Waals surface area contributed by atoms with E-state index in [0.717, 1.165) is 12.1 Å². The van der Waals surface area contributed by atoms with E-state index in [1.165, 1.54) is 0 Å². The van der Waals surface area contributed by atoms with Gasteiger partial charge in [0.2, 0.25) is 0 Å². The third-order valence-corrected chi connectivity index (χ3v) is 2.83. The van der Waals surface area contributed by atoms with Gasteiger partial charge in [0.15, 0.2) is 0 Å². The van der Waals surface area contributed by atoms with Crippen molar-refractivity contribution in [3.8, 4) is 0 Å². The molecule has 15 heavy (non-hydrogen) atoms. The Morgan fingerprint density at radius 1 is 1.27 bits per heavy atom. The van der Waals surface area contributed by atoms with Crippen molar-refractivity contribution in [2.75, 3.05) is 13.1 Å². The number of pyridine rings is 1. The van der Waals surface area contributed by atoms with E-state index >= 15 is 0 Å². The Balaban J connectivity index is 2.34. The van der Waals surface area contributed by atoms with E-state index in [1.807, 2.05) is 0 Å². The van der Waals surface area contributed by atoms with Gasteiger partial charge in [-0.3, -0.25) is 0 Å². The van der Waals surface area contributed by atoms with Gasteiger partial charge in [0.05, 0.1) is 5.92 Å². The lowest BCUT2D eigenvalue weighted by Crippen LogP contribution is -2.50. The molecular weight excluding hydrogens is 245 g/mol. The van der Waals surface area contributed by atoms with Crippen molar-refractivity contribution in [3.63, 3.8) is 0 Å². The molecule has 1 aromatic heterocycles. The van der Waals surface area contributed by atoms with Crippen LogP contribution < -0.4 is 5.32 Å². The zero-order chi connectivity index (χ0) is 11.1. The fourth-order valence-corrected chi connectivity index (χ4v) is 1.90. The molecule has 82 valence electrons. The Bertz CT molecular complexity index is 360. The smallest absolute Gasteiger partial charge is 0.278 e. The van der Waals surface area contributed by atoms with E-state index in [-0.39, 0.29) is 15.9 Å². The van der Waals surface area contributed by atoms with Crippen molar-refractivity contribution >= 4 is 23.2 Å². The average molecular weight is 253 g/mol. The normalized spacial score (nSPS) is 17.6. The van der Waals surface area contributed by atoms with Gasteiger partial charge in [-0.2, -0.15) is 0 Å². The van der Waals surface area contributed by atoms with Gasteiger partial charge in [-0.15, -0.1) is 0 Å². The second-order valence-electron chi connectivity index (χ2n) is 3.48. The molecule has 2 nitrogen and oxygen atoms in total. The molecule has 1 aliphatic rings. The van der Waals surface area contributed by atoms with Gasteiger partial charge < -0.3 is 5.32 Å². The van der Waals surface area contributed by atoms with Crippen molar-refractivity contribution in [1.82, 2.24) is 10.3 Å². The van der Waals surface area contributed by atoms with Crippen LogP contribution in [0.1, 0.15) is 5.56 Å². The number of hydrogen-bond acceptors (Lipinski definition) is 2. The number of nitrogens with zero attached hydrogens (tertiary/aromatic N) is 1. The molecule has 6 heteroatoms. The summed E-state index contributed by atoms with van der Waals surface area (Å²) < 4.78 is 27.6. The first-order valence-corrected chi connectivity index (χ1v) is 5.18. The lowest BCUT2D eigenvalue weighted by atomic mass is 9.90. The maximum Gasteiger partial charge on any atom is 0.278 e. The highest BCUT2D eigenvalue weighted by Crippen LogP contribution is 2.39. The summed E-state index contributed by atoms with van der Waals surface area (Å²) in [6.07, 6.45) is 0. The Hall–Kier alpha value is -0.450. The molecule has 1 aromatic rings. The highest BCUT2D eigenvalue weighted by Gasteiger charge is 2.44. The number of alkyl halides is 2. The third kappa shape index (κ3) is 2.07. The molecule has 1 saturated heterocycles. The molecule has 1 aliphatic heterocycles. The Morgan fingerprint density at radius 2 is 1.80 bits per heavy atom. The standard InChI is InChI=1S/C9H8Cl2F2N2/c10-7-1-5(2-8(11)15-7)9(12,13)6-3-14-4-6/h1-2,6,14H,3-4H2. The first kappa shape index (κ1) is 11.0. The van der Waals surface area contributed by atoms with Crippen LogP contribution in [0.2, 0.25) is 10.3 Å². The molecule has 0 unspecified atom stereocenters. The third-order valence-electron chi connectivity index (χ3n) is 2.44. The summed E-state index contributed by atoms with van der Waals surface area (Å²) in [4.78, 5) is 3.63. The van der Waals surface area contributed by atoms with Crippen molar-refractivity contribution in [1.29, 1.82) is 0 Å². The van der Waals surface area contributed by atoms with E-state index in [9.17, 15) is 8.78 Å². The maximum absolute atomic E-state index is 13.8. The quantitative estimate of drug-likeness (QED) is 0.819. The summed E-state index contributed by atoms with van der Waals surface area (Å²) in [6, 6.07) is 2.32. The Kier molecular flexibility index (Phi) is 2.83. The van der Waals surface area contributed by atoms with E-state index in [0.29, 0.717) is 13.1 Å². The largest absolute Gasteiger partial charge is 0.316 e. The van der Waals surface area contributed by atoms with Crippen molar-refractivity contribution < 1.29 is 8.78 Å². The van der Waals surface area contributed by atoms with Crippen LogP contribution in [0, 0.1) is 5.92 Å². The molecule has 0 aliphatic carbocycles. The number of rotatable bonds is 2. The van der Waals surface area contributed by atoms with Gasteiger partial charge in [-0.25, -0.2) is 13.8 Å². The predicted octanol–water partition coefficient (Wildman–Crippen LogP) is 2.70. The maximum atomic E-state index is 13.8. The average Bonchev–Trinajstić information content (AvgIpc) is 1.97. The number of halogens is 4. The Morgan fingerprint density at radius 3 is 2.20 bits per heavy atom. The minimum absolute atomic E-state index is 0.00976. The Labute approximate surface area is 95.6 Å². The van der Waals surface area contributed by atoms with Crippen LogP contribution in [0.5, 0.6) is 0 Å². The molecule has 1 fully saturated rings. The SMILES string of the molecule is FC(F)(c1cc(Cl)nc(Cl)c1)C1CNC1. The monoisotopic (exact) mass is 252 g/mol. The van der Waals surface area contributed by atoms with Crippen LogP contribution >= 0.6 is 23.2 Å². The summed E-state index contributed by atoms with van der Waals surface area (Å²) in [5, 5.41) is 2.79. The lowest BCUT2D eigenvalue weighted by molar-refractivity contribution is -0.0834. The fraction of sp³-hybridized carbons (Fsp3) is 0.444. The molecule has 1 N–H and O–H groups in total. The molecule has 2 rings (SSSR count). The summed E-state index contributed by atoms with van der Waals surface area (Å²) >= 11 is 11.2. The second-order valence-corrected chi connectivity index (χ2v) is 4.25. The minimum Gasteiger partial charge on any atom is -0.316 e. The first-order chi connectivity index (χ1) is 7.00. The summed E-state index contributed by atoms with van der Waals surface area (Å²) in [5.74, 6) is -3.59. The second kappa shape index (κ2) is 3.85. The highest BCUT2D eigenvalue weighted by atomic mass is 35.5. The molecule has 0 radical (unpaired) electrons. The van der Waals surface area contributed by atoms with Gasteiger partial charge in [-0.05, 0) is 12.1 Å². The molecular formula is C9H8Cl2F2N2. The number of nitrogens with one attached hydrogen (secondary N) is 1. The summed E-state index contributed by atoms with van der Waals surface area (Å²) in [6.45, 7) is 0.620. The number of hydrogen-bond donors (Lipinski definition) is 1. The van der Waals surface area contributed by atoms with Gasteiger partial charge in [0.25, 0.3) is 5.92 Å². The zero-order valence-electron chi connectivity index (χ0n) is 7.61. The van der Waals surface area contributed by atoms with Crippen LogP contribution in [-0.2, 0) is 5.92 Å². The highest BCUT2D eigenvalue weighted by molar-refractivity contribution is 6.32. The van der Waals surface area contributed by atoms with Gasteiger partial charge >= 0.3 is 0 Å². The lowest BCUT2D eigenvalue weighted by Gasteiger charge is -2.34. The van der Waals surface area contributed by atoms with Crippen LogP contribution in [0.4, 0.5) is 8.78 Å². The predicted molar refractivity (Wildman–Crippen MR) is 54.5 cm³/mol. The summed E-state index contributed by atoms with van der Waals surface area (Å²) in [5.41, 5.74) is -0.168. The van der Waals surface area contributed by atoms with Crippen molar-refractivity contribution in [2.24, 2.45) is 5.92 Å². The first-order valence-electron chi connectivity index (χ1n) is 4.42. The topological polar surface area (TPSA) is 24.9 Å². The van der Waals surface area contributed by atoms with Gasteiger partial charge in [0, 0.05) is 18.7 Å². The van der Waals surface area contributed by atoms with Crippen LogP contribution in [0.3, 0.4) is 0 Å². The molecule has 2 heterocycles. The molecule has 0 bridgehead atoms. The molecule has 0 amide bonds. The molecule has 0 spiro atoms. The van der Waals surface area contributed by atoms with Crippen molar-refractivity contribution in [3.05, 3.63) is 28.0 Å². The fourth-order valence-electron chi connectivity index (χ4n) is 1.44. The zero-order valence-corrected chi connectivity index (χ0v) is 9.12. The number of aromatic nitrogens is 1. The van der Waals surface area contributed by atoms with E-state index < -0.39 is 11.8 Å². The van der Waals surface area contributed by atoms with E-state index in [2.05, 4.69) is 10.3 Å². The molecule has 0 atom stereocenters. The van der Waals surface area contributed by atoms with E-state index in [1.54, 1.807) is 0 Å². The van der Waals surface area contributed by atoms with Crippen LogP contribution in [0.25, 0.3) is 0 Å². The van der Waals surface area contributed by atoms with Gasteiger partial charge in [0.1, 0.15) is 10.3 Å². The van der Waals surface area contributed by atoms with Crippen molar-refractivity contribution in [2.45, 2.75) is 5.92 Å². The molecule has 0 saturated carbocycles. The van der Waals surface area contributed by atoms with E-state index in [4.69, 9.17) is 23.2 Å². The summed E-state index contributed by atoms with van der Waals surface area (Å²) in [7, 11) is 0.